The number of anilines is 2. The molecule has 0 spiro atoms. The minimum atomic E-state index is -1.69. The molecule has 3 N–H and O–H groups in total. The summed E-state index contributed by atoms with van der Waals surface area (Å²) in [5.41, 5.74) is 7.42. The number of nitrogen functional groups attached to an aromatic ring is 1. The van der Waals surface area contributed by atoms with E-state index in [0.29, 0.717) is 5.69 Å². The summed E-state index contributed by atoms with van der Waals surface area (Å²) in [5, 5.41) is 2.68. The minimum Gasteiger partial charge on any atom is -0.398 e. The summed E-state index contributed by atoms with van der Waals surface area (Å²) in [6, 6.07) is 10.9. The molecule has 0 radical (unpaired) electrons. The molecule has 2 aromatic carbocycles. The molecule has 2 rings (SSSR count). The van der Waals surface area contributed by atoms with E-state index < -0.39 is 22.5 Å². The molecular formula is C15H15FN2O2S. The lowest BCUT2D eigenvalue weighted by Gasteiger charge is -2.09. The van der Waals surface area contributed by atoms with Gasteiger partial charge in [-0.2, -0.15) is 0 Å². The van der Waals surface area contributed by atoms with Crippen molar-refractivity contribution in [2.75, 3.05) is 16.8 Å². The Kier molecular flexibility index (Phi) is 4.70. The summed E-state index contributed by atoms with van der Waals surface area (Å²) in [5.74, 6) is -1.22. The molecule has 110 valence electrons. The summed E-state index contributed by atoms with van der Waals surface area (Å²) in [7, 11) is -1.69. The first-order chi connectivity index (χ1) is 9.97. The van der Waals surface area contributed by atoms with E-state index in [-0.39, 0.29) is 16.3 Å². The molecule has 0 bridgehead atoms. The van der Waals surface area contributed by atoms with Gasteiger partial charge in [-0.1, -0.05) is 18.2 Å². The Labute approximate surface area is 124 Å². The summed E-state index contributed by atoms with van der Waals surface area (Å²) in [4.78, 5) is 12.0. The zero-order valence-corrected chi connectivity index (χ0v) is 12.2. The van der Waals surface area contributed by atoms with Crippen LogP contribution in [0, 0.1) is 12.7 Å². The summed E-state index contributed by atoms with van der Waals surface area (Å²) < 4.78 is 25.3. The third-order valence-corrected chi connectivity index (χ3v) is 4.27. The van der Waals surface area contributed by atoms with Crippen molar-refractivity contribution < 1.29 is 13.4 Å². The van der Waals surface area contributed by atoms with Crippen molar-refractivity contribution in [1.82, 2.24) is 0 Å². The van der Waals surface area contributed by atoms with E-state index in [0.717, 1.165) is 11.6 Å². The Morgan fingerprint density at radius 3 is 2.71 bits per heavy atom. The smallest absolute Gasteiger partial charge is 0.237 e. The average Bonchev–Trinajstić information content (AvgIpc) is 2.44. The van der Waals surface area contributed by atoms with Crippen molar-refractivity contribution >= 4 is 28.1 Å². The van der Waals surface area contributed by atoms with Gasteiger partial charge in [0.1, 0.15) is 11.6 Å². The molecule has 0 heterocycles. The van der Waals surface area contributed by atoms with Crippen molar-refractivity contribution in [1.29, 1.82) is 0 Å². The number of para-hydroxylation sites is 1. The van der Waals surface area contributed by atoms with Crippen LogP contribution in [0.1, 0.15) is 5.56 Å². The van der Waals surface area contributed by atoms with Crippen LogP contribution < -0.4 is 11.1 Å². The van der Waals surface area contributed by atoms with Gasteiger partial charge in [-0.25, -0.2) is 4.39 Å². The molecule has 0 aliphatic rings. The number of carbonyl (C=O) groups is 1. The molecule has 4 nitrogen and oxygen atoms in total. The average molecular weight is 306 g/mol. The van der Waals surface area contributed by atoms with Gasteiger partial charge in [0, 0.05) is 11.4 Å². The molecule has 0 aromatic heterocycles. The zero-order chi connectivity index (χ0) is 15.4. The van der Waals surface area contributed by atoms with Crippen molar-refractivity contribution in [3.05, 3.63) is 53.8 Å². The predicted octanol–water partition coefficient (Wildman–Crippen LogP) is 2.46. The van der Waals surface area contributed by atoms with Crippen molar-refractivity contribution in [2.45, 2.75) is 11.8 Å². The van der Waals surface area contributed by atoms with Gasteiger partial charge in [0.2, 0.25) is 5.91 Å². The number of rotatable bonds is 4. The highest BCUT2D eigenvalue weighted by atomic mass is 32.2. The Hall–Kier alpha value is -2.21. The molecule has 0 saturated heterocycles. The lowest BCUT2D eigenvalue weighted by molar-refractivity contribution is -0.113. The van der Waals surface area contributed by atoms with E-state index in [9.17, 15) is 13.4 Å². The van der Waals surface area contributed by atoms with Gasteiger partial charge >= 0.3 is 0 Å². The number of nitrogens with two attached hydrogens (primary N) is 1. The van der Waals surface area contributed by atoms with Crippen LogP contribution in [0.3, 0.4) is 0 Å². The van der Waals surface area contributed by atoms with Gasteiger partial charge in [0.25, 0.3) is 0 Å². The van der Waals surface area contributed by atoms with Crippen LogP contribution in [0.4, 0.5) is 15.8 Å². The molecule has 1 amide bonds. The van der Waals surface area contributed by atoms with Gasteiger partial charge in [-0.3, -0.25) is 9.00 Å². The summed E-state index contributed by atoms with van der Waals surface area (Å²) in [6.45, 7) is 1.86. The highest BCUT2D eigenvalue weighted by Crippen LogP contribution is 2.18. The van der Waals surface area contributed by atoms with Crippen molar-refractivity contribution in [3.8, 4) is 0 Å². The molecule has 1 unspecified atom stereocenters. The van der Waals surface area contributed by atoms with Gasteiger partial charge in [-0.05, 0) is 36.8 Å². The number of aryl methyl sites for hydroxylation is 1. The van der Waals surface area contributed by atoms with E-state index in [1.165, 1.54) is 12.1 Å². The Bertz CT molecular complexity index is 704. The first kappa shape index (κ1) is 15.2. The standard InChI is InChI=1S/C15H15FN2O2S/c1-10-4-2-3-5-13(10)18-15(19)9-21(20)14-8-11(16)6-7-12(14)17/h2-8H,9,17H2,1H3,(H,18,19). The van der Waals surface area contributed by atoms with E-state index in [1.807, 2.05) is 19.1 Å². The molecule has 6 heteroatoms. The molecule has 21 heavy (non-hydrogen) atoms. The molecule has 1 atom stereocenters. The number of carbonyl (C=O) groups excluding carboxylic acids is 1. The highest BCUT2D eigenvalue weighted by Gasteiger charge is 2.14. The fourth-order valence-electron chi connectivity index (χ4n) is 1.80. The lowest BCUT2D eigenvalue weighted by atomic mass is 10.2. The van der Waals surface area contributed by atoms with Crippen LogP contribution in [0.25, 0.3) is 0 Å². The van der Waals surface area contributed by atoms with Gasteiger partial charge in [0.15, 0.2) is 0 Å². The van der Waals surface area contributed by atoms with E-state index in [2.05, 4.69) is 5.32 Å². The number of benzene rings is 2. The monoisotopic (exact) mass is 306 g/mol. The first-order valence-electron chi connectivity index (χ1n) is 6.26. The van der Waals surface area contributed by atoms with Crippen molar-refractivity contribution in [2.24, 2.45) is 0 Å². The fraction of sp³-hybridized carbons (Fsp3) is 0.133. The van der Waals surface area contributed by atoms with Crippen LogP contribution in [0.2, 0.25) is 0 Å². The second-order valence-corrected chi connectivity index (χ2v) is 5.95. The first-order valence-corrected chi connectivity index (χ1v) is 7.58. The maximum atomic E-state index is 13.2. The largest absolute Gasteiger partial charge is 0.398 e. The molecule has 0 aliphatic carbocycles. The second kappa shape index (κ2) is 6.49. The Morgan fingerprint density at radius 1 is 1.29 bits per heavy atom. The van der Waals surface area contributed by atoms with Crippen LogP contribution in [-0.4, -0.2) is 15.9 Å². The third-order valence-electron chi connectivity index (χ3n) is 2.90. The third kappa shape index (κ3) is 3.88. The van der Waals surface area contributed by atoms with Gasteiger partial charge in [-0.15, -0.1) is 0 Å². The lowest BCUT2D eigenvalue weighted by Crippen LogP contribution is -2.20. The maximum Gasteiger partial charge on any atom is 0.237 e. The number of hydrogen-bond donors (Lipinski definition) is 2. The van der Waals surface area contributed by atoms with Gasteiger partial charge < -0.3 is 11.1 Å². The topological polar surface area (TPSA) is 72.2 Å². The number of amides is 1. The summed E-state index contributed by atoms with van der Waals surface area (Å²) in [6.07, 6.45) is 0. The molecular weight excluding hydrogens is 291 g/mol. The molecule has 0 fully saturated rings. The van der Waals surface area contributed by atoms with E-state index >= 15 is 0 Å². The van der Waals surface area contributed by atoms with Crippen LogP contribution >= 0.6 is 0 Å². The Balaban J connectivity index is 2.08. The number of hydrogen-bond acceptors (Lipinski definition) is 3. The maximum absolute atomic E-state index is 13.2. The number of halogens is 1. The SMILES string of the molecule is Cc1ccccc1NC(=O)CS(=O)c1cc(F)ccc1N. The quantitative estimate of drug-likeness (QED) is 0.852. The normalized spacial score (nSPS) is 11.9. The van der Waals surface area contributed by atoms with Crippen LogP contribution in [0.5, 0.6) is 0 Å². The summed E-state index contributed by atoms with van der Waals surface area (Å²) >= 11 is 0. The molecule has 0 saturated carbocycles. The zero-order valence-electron chi connectivity index (χ0n) is 11.4. The molecule has 0 aliphatic heterocycles. The fourth-order valence-corrected chi connectivity index (χ4v) is 2.84. The minimum absolute atomic E-state index is 0.134. The van der Waals surface area contributed by atoms with E-state index in [4.69, 9.17) is 5.73 Å². The van der Waals surface area contributed by atoms with Crippen LogP contribution in [-0.2, 0) is 15.6 Å². The molecule has 2 aromatic rings. The van der Waals surface area contributed by atoms with E-state index in [1.54, 1.807) is 12.1 Å². The Morgan fingerprint density at radius 2 is 2.00 bits per heavy atom. The van der Waals surface area contributed by atoms with Crippen LogP contribution in [0.15, 0.2) is 47.4 Å². The highest BCUT2D eigenvalue weighted by molar-refractivity contribution is 7.86. The van der Waals surface area contributed by atoms with Crippen molar-refractivity contribution in [3.63, 3.8) is 0 Å². The van der Waals surface area contributed by atoms with Gasteiger partial charge in [0.05, 0.1) is 15.7 Å². The number of nitrogens with one attached hydrogen (secondary N) is 1. The second-order valence-electron chi connectivity index (χ2n) is 4.54. The predicted molar refractivity (Wildman–Crippen MR) is 81.9 cm³/mol.